The van der Waals surface area contributed by atoms with Crippen molar-refractivity contribution in [2.45, 2.75) is 52.2 Å². The van der Waals surface area contributed by atoms with Gasteiger partial charge in [-0.1, -0.05) is 12.1 Å². The second-order valence-electron chi connectivity index (χ2n) is 6.26. The Labute approximate surface area is 125 Å². The third-order valence-electron chi connectivity index (χ3n) is 3.05. The van der Waals surface area contributed by atoms with Gasteiger partial charge in [0.05, 0.1) is 11.4 Å². The Morgan fingerprint density at radius 2 is 1.86 bits per heavy atom. The number of carbonyl (C=O) groups excluding carboxylic acids is 2. The molecule has 0 spiro atoms. The highest BCUT2D eigenvalue weighted by Crippen LogP contribution is 2.36. The lowest BCUT2D eigenvalue weighted by Crippen LogP contribution is -2.32. The number of carbonyl (C=O) groups is 2. The van der Waals surface area contributed by atoms with Crippen molar-refractivity contribution in [1.82, 2.24) is 0 Å². The van der Waals surface area contributed by atoms with Crippen molar-refractivity contribution in [2.75, 3.05) is 10.2 Å². The summed E-state index contributed by atoms with van der Waals surface area (Å²) in [5.74, 6) is -0.0176. The zero-order valence-electron chi connectivity index (χ0n) is 13.0. The molecule has 1 saturated carbocycles. The van der Waals surface area contributed by atoms with Crippen LogP contribution in [0, 0.1) is 0 Å². The zero-order chi connectivity index (χ0) is 15.6. The van der Waals surface area contributed by atoms with E-state index in [9.17, 15) is 9.59 Å². The summed E-state index contributed by atoms with van der Waals surface area (Å²) in [6.45, 7) is 6.97. The summed E-state index contributed by atoms with van der Waals surface area (Å²) in [7, 11) is 0. The highest BCUT2D eigenvalue weighted by molar-refractivity contribution is 5.99. The smallest absolute Gasteiger partial charge is 0.412 e. The Hall–Kier alpha value is -2.04. The van der Waals surface area contributed by atoms with Crippen molar-refractivity contribution < 1.29 is 14.3 Å². The van der Waals surface area contributed by atoms with E-state index in [0.29, 0.717) is 5.69 Å². The number of hydrogen-bond acceptors (Lipinski definition) is 3. The maximum absolute atomic E-state index is 11.9. The maximum atomic E-state index is 11.9. The average molecular weight is 290 g/mol. The molecule has 5 nitrogen and oxygen atoms in total. The third kappa shape index (κ3) is 4.21. The summed E-state index contributed by atoms with van der Waals surface area (Å²) in [6.07, 6.45) is 1.48. The van der Waals surface area contributed by atoms with E-state index in [0.717, 1.165) is 18.5 Å². The van der Waals surface area contributed by atoms with E-state index < -0.39 is 11.7 Å². The zero-order valence-corrected chi connectivity index (χ0v) is 13.0. The minimum Gasteiger partial charge on any atom is -0.444 e. The molecule has 2 amide bonds. The number of nitrogens with one attached hydrogen (secondary N) is 1. The summed E-state index contributed by atoms with van der Waals surface area (Å²) in [5, 5.41) is 2.73. The summed E-state index contributed by atoms with van der Waals surface area (Å²) < 4.78 is 5.26. The SMILES string of the molecule is CC(=O)N(c1ccccc1NC(=O)OC(C)(C)C)C1CC1. The van der Waals surface area contributed by atoms with E-state index in [-0.39, 0.29) is 11.9 Å². The Kier molecular flexibility index (Phi) is 4.21. The fourth-order valence-corrected chi connectivity index (χ4v) is 2.16. The van der Waals surface area contributed by atoms with Crippen molar-refractivity contribution in [1.29, 1.82) is 0 Å². The molecule has 0 aromatic heterocycles. The molecule has 21 heavy (non-hydrogen) atoms. The highest BCUT2D eigenvalue weighted by atomic mass is 16.6. The van der Waals surface area contributed by atoms with Gasteiger partial charge >= 0.3 is 6.09 Å². The molecule has 0 aliphatic heterocycles. The van der Waals surface area contributed by atoms with Crippen molar-refractivity contribution in [3.8, 4) is 0 Å². The first-order valence-corrected chi connectivity index (χ1v) is 7.17. The minimum atomic E-state index is -0.560. The Morgan fingerprint density at radius 3 is 2.38 bits per heavy atom. The van der Waals surface area contributed by atoms with Gasteiger partial charge in [-0.05, 0) is 45.7 Å². The van der Waals surface area contributed by atoms with Gasteiger partial charge in [0.25, 0.3) is 0 Å². The molecule has 1 N–H and O–H groups in total. The Bertz CT molecular complexity index is 545. The predicted octanol–water partition coefficient (Wildman–Crippen LogP) is 3.55. The van der Waals surface area contributed by atoms with E-state index >= 15 is 0 Å². The van der Waals surface area contributed by atoms with Crippen LogP contribution in [-0.4, -0.2) is 23.6 Å². The normalized spacial score (nSPS) is 14.5. The molecule has 0 saturated heterocycles. The molecule has 1 aromatic carbocycles. The van der Waals surface area contributed by atoms with Crippen LogP contribution in [0.15, 0.2) is 24.3 Å². The Balaban J connectivity index is 2.20. The van der Waals surface area contributed by atoms with Gasteiger partial charge in [-0.15, -0.1) is 0 Å². The molecule has 0 atom stereocenters. The quantitative estimate of drug-likeness (QED) is 0.926. The standard InChI is InChI=1S/C16H22N2O3/c1-11(19)18(12-9-10-12)14-8-6-5-7-13(14)17-15(20)21-16(2,3)4/h5-8,12H,9-10H2,1-4H3,(H,17,20). The van der Waals surface area contributed by atoms with Gasteiger partial charge in [-0.2, -0.15) is 0 Å². The maximum Gasteiger partial charge on any atom is 0.412 e. The fourth-order valence-electron chi connectivity index (χ4n) is 2.16. The predicted molar refractivity (Wildman–Crippen MR) is 82.5 cm³/mol. The summed E-state index contributed by atoms with van der Waals surface area (Å²) >= 11 is 0. The minimum absolute atomic E-state index is 0.0176. The van der Waals surface area contributed by atoms with Crippen LogP contribution >= 0.6 is 0 Å². The number of nitrogens with zero attached hydrogens (tertiary/aromatic N) is 1. The van der Waals surface area contributed by atoms with E-state index in [1.165, 1.54) is 0 Å². The third-order valence-corrected chi connectivity index (χ3v) is 3.05. The van der Waals surface area contributed by atoms with Gasteiger partial charge < -0.3 is 9.64 Å². The molecule has 1 aliphatic carbocycles. The van der Waals surface area contributed by atoms with E-state index in [1.54, 1.807) is 17.9 Å². The van der Waals surface area contributed by atoms with Crippen molar-refractivity contribution in [3.63, 3.8) is 0 Å². The second kappa shape index (κ2) is 5.76. The molecule has 0 heterocycles. The summed E-state index contributed by atoms with van der Waals surface area (Å²) in [4.78, 5) is 25.5. The number of para-hydroxylation sites is 2. The van der Waals surface area contributed by atoms with E-state index in [4.69, 9.17) is 4.74 Å². The van der Waals surface area contributed by atoms with Crippen LogP contribution in [0.5, 0.6) is 0 Å². The Morgan fingerprint density at radius 1 is 1.24 bits per heavy atom. The molecule has 0 bridgehead atoms. The number of amides is 2. The molecule has 5 heteroatoms. The largest absolute Gasteiger partial charge is 0.444 e. The average Bonchev–Trinajstić information content (AvgIpc) is 3.13. The lowest BCUT2D eigenvalue weighted by Gasteiger charge is -2.25. The van der Waals surface area contributed by atoms with Crippen LogP contribution in [0.1, 0.15) is 40.5 Å². The monoisotopic (exact) mass is 290 g/mol. The molecule has 1 aliphatic rings. The van der Waals surface area contributed by atoms with Gasteiger partial charge in [-0.25, -0.2) is 4.79 Å². The first-order valence-electron chi connectivity index (χ1n) is 7.17. The molecular weight excluding hydrogens is 268 g/mol. The van der Waals surface area contributed by atoms with Crippen molar-refractivity contribution >= 4 is 23.4 Å². The molecular formula is C16H22N2O3. The van der Waals surface area contributed by atoms with Crippen LogP contribution in [-0.2, 0) is 9.53 Å². The van der Waals surface area contributed by atoms with Gasteiger partial charge in [0.1, 0.15) is 5.60 Å². The lowest BCUT2D eigenvalue weighted by atomic mass is 10.2. The summed E-state index contributed by atoms with van der Waals surface area (Å²) in [6, 6.07) is 7.53. The number of benzene rings is 1. The molecule has 114 valence electrons. The van der Waals surface area contributed by atoms with Crippen molar-refractivity contribution in [3.05, 3.63) is 24.3 Å². The van der Waals surface area contributed by atoms with E-state index in [2.05, 4.69) is 5.32 Å². The number of ether oxygens (including phenoxy) is 1. The van der Waals surface area contributed by atoms with Crippen LogP contribution in [0.25, 0.3) is 0 Å². The molecule has 2 rings (SSSR count). The molecule has 1 aromatic rings. The van der Waals surface area contributed by atoms with Gasteiger partial charge in [0.2, 0.25) is 5.91 Å². The molecule has 0 unspecified atom stereocenters. The van der Waals surface area contributed by atoms with Crippen LogP contribution in [0.2, 0.25) is 0 Å². The number of anilines is 2. The lowest BCUT2D eigenvalue weighted by molar-refractivity contribution is -0.116. The second-order valence-corrected chi connectivity index (χ2v) is 6.26. The first kappa shape index (κ1) is 15.4. The number of rotatable bonds is 3. The number of hydrogen-bond donors (Lipinski definition) is 1. The topological polar surface area (TPSA) is 58.6 Å². The molecule has 1 fully saturated rings. The van der Waals surface area contributed by atoms with Crippen molar-refractivity contribution in [2.24, 2.45) is 0 Å². The van der Waals surface area contributed by atoms with Crippen LogP contribution < -0.4 is 10.2 Å². The van der Waals surface area contributed by atoms with Crippen LogP contribution in [0.4, 0.5) is 16.2 Å². The van der Waals surface area contributed by atoms with Crippen LogP contribution in [0.3, 0.4) is 0 Å². The molecule has 0 radical (unpaired) electrons. The fraction of sp³-hybridized carbons (Fsp3) is 0.500. The van der Waals surface area contributed by atoms with Gasteiger partial charge in [0, 0.05) is 13.0 Å². The van der Waals surface area contributed by atoms with E-state index in [1.807, 2.05) is 39.0 Å². The first-order chi connectivity index (χ1) is 9.78. The highest BCUT2D eigenvalue weighted by Gasteiger charge is 2.33. The summed E-state index contributed by atoms with van der Waals surface area (Å²) in [5.41, 5.74) is 0.752. The van der Waals surface area contributed by atoms with Gasteiger partial charge in [0.15, 0.2) is 0 Å². The van der Waals surface area contributed by atoms with Gasteiger partial charge in [-0.3, -0.25) is 10.1 Å².